The minimum Gasteiger partial charge on any atom is -0.431 e. The molecule has 0 atom stereocenters. The lowest BCUT2D eigenvalue weighted by atomic mass is 10.1. The van der Waals surface area contributed by atoms with Crippen molar-refractivity contribution < 1.29 is 9.15 Å². The fourth-order valence-corrected chi connectivity index (χ4v) is 2.82. The summed E-state index contributed by atoms with van der Waals surface area (Å²) in [5.74, 6) is 1.66. The highest BCUT2D eigenvalue weighted by Crippen LogP contribution is 2.35. The van der Waals surface area contributed by atoms with Gasteiger partial charge in [-0.1, -0.05) is 0 Å². The molecule has 0 unspecified atom stereocenters. The largest absolute Gasteiger partial charge is 0.431 e. The lowest BCUT2D eigenvalue weighted by Gasteiger charge is -2.30. The second-order valence-corrected chi connectivity index (χ2v) is 5.31. The predicted molar refractivity (Wildman–Crippen MR) is 78.7 cm³/mol. The van der Waals surface area contributed by atoms with Gasteiger partial charge in [-0.2, -0.15) is 5.10 Å². The van der Waals surface area contributed by atoms with Gasteiger partial charge in [-0.3, -0.25) is 0 Å². The van der Waals surface area contributed by atoms with Crippen LogP contribution in [0.5, 0.6) is 0 Å². The Balaban J connectivity index is 1.86. The van der Waals surface area contributed by atoms with Crippen LogP contribution in [-0.2, 0) is 4.74 Å². The molecule has 2 aliphatic heterocycles. The van der Waals surface area contributed by atoms with Gasteiger partial charge in [-0.15, -0.1) is 5.10 Å². The number of anilines is 1. The van der Waals surface area contributed by atoms with Crippen molar-refractivity contribution in [3.8, 4) is 0 Å². The Labute approximate surface area is 122 Å². The van der Waals surface area contributed by atoms with Crippen LogP contribution < -0.4 is 5.32 Å². The van der Waals surface area contributed by atoms with Gasteiger partial charge < -0.3 is 19.4 Å². The summed E-state index contributed by atoms with van der Waals surface area (Å²) in [5.41, 5.74) is 3.57. The van der Waals surface area contributed by atoms with E-state index in [9.17, 15) is 0 Å². The molecular formula is C14H17N5O2. The Morgan fingerprint density at radius 3 is 2.76 bits per heavy atom. The van der Waals surface area contributed by atoms with Crippen LogP contribution in [0.3, 0.4) is 0 Å². The highest BCUT2D eigenvalue weighted by molar-refractivity contribution is 6.10. The normalized spacial score (nSPS) is 18.4. The zero-order valence-corrected chi connectivity index (χ0v) is 12.1. The molecule has 0 radical (unpaired) electrons. The molecule has 7 heteroatoms. The maximum absolute atomic E-state index is 5.94. The molecule has 0 spiro atoms. The monoisotopic (exact) mass is 287 g/mol. The third kappa shape index (κ3) is 1.88. The van der Waals surface area contributed by atoms with Crippen LogP contribution in [-0.4, -0.2) is 53.9 Å². The second kappa shape index (κ2) is 4.70. The van der Waals surface area contributed by atoms with E-state index in [1.807, 2.05) is 13.8 Å². The molecular weight excluding hydrogens is 270 g/mol. The summed E-state index contributed by atoms with van der Waals surface area (Å²) < 4.78 is 11.3. The molecule has 2 aromatic rings. The number of amidine groups is 1. The Morgan fingerprint density at radius 1 is 1.14 bits per heavy atom. The molecule has 0 saturated carbocycles. The SMILES string of the molecule is Cc1nnc2oc3c(c2c1C)NCN=C3N1CCOCC1. The number of nitrogens with one attached hydrogen (secondary N) is 1. The number of aryl methyl sites for hydroxylation is 2. The first-order chi connectivity index (χ1) is 10.3. The molecule has 2 aliphatic rings. The van der Waals surface area contributed by atoms with Crippen LogP contribution >= 0.6 is 0 Å². The first-order valence-electron chi connectivity index (χ1n) is 7.13. The molecule has 2 aromatic heterocycles. The van der Waals surface area contributed by atoms with E-state index in [4.69, 9.17) is 9.15 Å². The fraction of sp³-hybridized carbons (Fsp3) is 0.500. The molecule has 0 aliphatic carbocycles. The number of fused-ring (bicyclic) bond motifs is 3. The third-order valence-electron chi connectivity index (χ3n) is 4.10. The molecule has 0 aromatic carbocycles. The summed E-state index contributed by atoms with van der Waals surface area (Å²) in [6, 6.07) is 0. The minimum atomic E-state index is 0.551. The van der Waals surface area contributed by atoms with Crippen molar-refractivity contribution in [2.75, 3.05) is 38.3 Å². The van der Waals surface area contributed by atoms with Gasteiger partial charge in [-0.25, -0.2) is 4.99 Å². The summed E-state index contributed by atoms with van der Waals surface area (Å²) in [5, 5.41) is 12.6. The predicted octanol–water partition coefficient (Wildman–Crippen LogP) is 1.30. The van der Waals surface area contributed by atoms with E-state index in [0.29, 0.717) is 12.4 Å². The quantitative estimate of drug-likeness (QED) is 0.787. The topological polar surface area (TPSA) is 75.8 Å². The number of aromatic nitrogens is 2. The van der Waals surface area contributed by atoms with Crippen molar-refractivity contribution >= 4 is 22.6 Å². The van der Waals surface area contributed by atoms with E-state index in [1.54, 1.807) is 0 Å². The van der Waals surface area contributed by atoms with E-state index >= 15 is 0 Å². The summed E-state index contributed by atoms with van der Waals surface area (Å²) in [6.07, 6.45) is 0. The second-order valence-electron chi connectivity index (χ2n) is 5.31. The maximum Gasteiger partial charge on any atom is 0.248 e. The highest BCUT2D eigenvalue weighted by Gasteiger charge is 2.28. The van der Waals surface area contributed by atoms with Crippen molar-refractivity contribution in [1.29, 1.82) is 0 Å². The van der Waals surface area contributed by atoms with Gasteiger partial charge in [0.2, 0.25) is 5.71 Å². The zero-order chi connectivity index (χ0) is 14.4. The van der Waals surface area contributed by atoms with E-state index < -0.39 is 0 Å². The Hall–Kier alpha value is -2.15. The number of rotatable bonds is 0. The smallest absolute Gasteiger partial charge is 0.248 e. The number of aliphatic imine (C=N–C) groups is 1. The highest BCUT2D eigenvalue weighted by atomic mass is 16.5. The molecule has 110 valence electrons. The standard InChI is InChI=1S/C14H17N5O2/c1-8-9(2)17-18-14-10(8)11-12(21-14)13(16-7-15-11)19-3-5-20-6-4-19/h15H,3-7H2,1-2H3. The van der Waals surface area contributed by atoms with Gasteiger partial charge in [0.1, 0.15) is 6.67 Å². The third-order valence-corrected chi connectivity index (χ3v) is 4.10. The average molecular weight is 287 g/mol. The van der Waals surface area contributed by atoms with Crippen LogP contribution in [0.4, 0.5) is 5.69 Å². The molecule has 1 fully saturated rings. The van der Waals surface area contributed by atoms with Crippen LogP contribution in [0.25, 0.3) is 11.1 Å². The number of furan rings is 1. The molecule has 7 nitrogen and oxygen atoms in total. The van der Waals surface area contributed by atoms with E-state index in [1.165, 1.54) is 0 Å². The van der Waals surface area contributed by atoms with Crippen LogP contribution in [0, 0.1) is 13.8 Å². The molecule has 21 heavy (non-hydrogen) atoms. The van der Waals surface area contributed by atoms with Crippen LogP contribution in [0.1, 0.15) is 17.0 Å². The minimum absolute atomic E-state index is 0.551. The van der Waals surface area contributed by atoms with Gasteiger partial charge in [0, 0.05) is 13.1 Å². The molecule has 1 N–H and O–H groups in total. The number of hydrogen-bond acceptors (Lipinski definition) is 7. The molecule has 0 amide bonds. The van der Waals surface area contributed by atoms with Crippen molar-refractivity contribution in [3.05, 3.63) is 17.0 Å². The van der Waals surface area contributed by atoms with Crippen LogP contribution in [0.2, 0.25) is 0 Å². The van der Waals surface area contributed by atoms with Crippen molar-refractivity contribution in [2.24, 2.45) is 4.99 Å². The average Bonchev–Trinajstić information content (AvgIpc) is 2.91. The summed E-state index contributed by atoms with van der Waals surface area (Å²) in [4.78, 5) is 6.79. The Bertz CT molecular complexity index is 731. The summed E-state index contributed by atoms with van der Waals surface area (Å²) >= 11 is 0. The lowest BCUT2D eigenvalue weighted by molar-refractivity contribution is 0.0677. The van der Waals surface area contributed by atoms with Gasteiger partial charge in [0.15, 0.2) is 11.6 Å². The lowest BCUT2D eigenvalue weighted by Crippen LogP contribution is -2.42. The van der Waals surface area contributed by atoms with E-state index in [2.05, 4.69) is 25.4 Å². The van der Waals surface area contributed by atoms with Gasteiger partial charge in [0.25, 0.3) is 0 Å². The Kier molecular flexibility index (Phi) is 2.81. The first kappa shape index (κ1) is 12.6. The molecule has 4 rings (SSSR count). The fourth-order valence-electron chi connectivity index (χ4n) is 2.82. The molecule has 4 heterocycles. The molecule has 0 bridgehead atoms. The molecule has 1 saturated heterocycles. The van der Waals surface area contributed by atoms with Crippen LogP contribution in [0.15, 0.2) is 9.41 Å². The van der Waals surface area contributed by atoms with E-state index in [0.717, 1.165) is 60.2 Å². The van der Waals surface area contributed by atoms with Crippen molar-refractivity contribution in [1.82, 2.24) is 15.1 Å². The van der Waals surface area contributed by atoms with Gasteiger partial charge >= 0.3 is 0 Å². The Morgan fingerprint density at radius 2 is 1.95 bits per heavy atom. The summed E-state index contributed by atoms with van der Waals surface area (Å²) in [6.45, 7) is 7.66. The van der Waals surface area contributed by atoms with Gasteiger partial charge in [0.05, 0.1) is 30.0 Å². The van der Waals surface area contributed by atoms with Crippen molar-refractivity contribution in [2.45, 2.75) is 13.8 Å². The number of hydrogen-bond donors (Lipinski definition) is 1. The zero-order valence-electron chi connectivity index (χ0n) is 12.1. The maximum atomic E-state index is 5.94. The van der Waals surface area contributed by atoms with E-state index in [-0.39, 0.29) is 0 Å². The first-order valence-corrected chi connectivity index (χ1v) is 7.13. The number of morpholine rings is 1. The van der Waals surface area contributed by atoms with Gasteiger partial charge in [-0.05, 0) is 19.4 Å². The number of ether oxygens (including phenoxy) is 1. The number of nitrogens with zero attached hydrogens (tertiary/aromatic N) is 4. The summed E-state index contributed by atoms with van der Waals surface area (Å²) in [7, 11) is 0. The van der Waals surface area contributed by atoms with Crippen molar-refractivity contribution in [3.63, 3.8) is 0 Å².